The van der Waals surface area contributed by atoms with Gasteiger partial charge in [-0.25, -0.2) is 8.42 Å². The van der Waals surface area contributed by atoms with Crippen LogP contribution >= 0.6 is 0 Å². The summed E-state index contributed by atoms with van der Waals surface area (Å²) >= 11 is 0. The fraction of sp³-hybridized carbons (Fsp3) is 0.588. The van der Waals surface area contributed by atoms with E-state index in [0.29, 0.717) is 50.8 Å². The molecule has 1 aromatic carbocycles. The number of nitrogens with two attached hydrogens (primary N) is 1. The normalized spacial score (nSPS) is 16.9. The fourth-order valence-corrected chi connectivity index (χ4v) is 4.09. The number of anilines is 1. The first-order valence-electron chi connectivity index (χ1n) is 8.81. The van der Waals surface area contributed by atoms with Crippen molar-refractivity contribution in [2.24, 2.45) is 5.73 Å². The number of nitrogens with one attached hydrogen (secondary N) is 1. The van der Waals surface area contributed by atoms with Crippen molar-refractivity contribution in [3.8, 4) is 5.75 Å². The lowest BCUT2D eigenvalue weighted by Gasteiger charge is -2.26. The Morgan fingerprint density at radius 1 is 1.35 bits per heavy atom. The number of rotatable bonds is 8. The summed E-state index contributed by atoms with van der Waals surface area (Å²) in [6.45, 7) is 5.48. The van der Waals surface area contributed by atoms with E-state index in [-0.39, 0.29) is 10.8 Å². The van der Waals surface area contributed by atoms with Gasteiger partial charge in [0.25, 0.3) is 0 Å². The lowest BCUT2D eigenvalue weighted by molar-refractivity contribution is -0.117. The second kappa shape index (κ2) is 9.31. The number of sulfonamides is 1. The van der Waals surface area contributed by atoms with Gasteiger partial charge >= 0.3 is 0 Å². The molecule has 2 rings (SSSR count). The molecule has 0 aliphatic carbocycles. The quantitative estimate of drug-likeness (QED) is 0.695. The van der Waals surface area contributed by atoms with Crippen LogP contribution < -0.4 is 15.8 Å². The molecule has 1 fully saturated rings. The summed E-state index contributed by atoms with van der Waals surface area (Å²) < 4.78 is 37.7. The number of carbonyl (C=O) groups excluding carboxylic acids is 1. The number of carbonyl (C=O) groups is 1. The molecule has 1 amide bonds. The first kappa shape index (κ1) is 20.6. The average molecular weight is 385 g/mol. The van der Waals surface area contributed by atoms with Gasteiger partial charge in [-0.15, -0.1) is 0 Å². The van der Waals surface area contributed by atoms with Gasteiger partial charge in [0.15, 0.2) is 0 Å². The van der Waals surface area contributed by atoms with E-state index in [0.717, 1.165) is 6.42 Å². The lowest BCUT2D eigenvalue weighted by atomic mass is 10.1. The van der Waals surface area contributed by atoms with Crippen LogP contribution in [0.15, 0.2) is 23.1 Å². The number of morpholine rings is 1. The maximum Gasteiger partial charge on any atom is 0.243 e. The molecule has 1 atom stereocenters. The Hall–Kier alpha value is -1.68. The van der Waals surface area contributed by atoms with E-state index in [1.165, 1.54) is 16.4 Å². The van der Waals surface area contributed by atoms with E-state index >= 15 is 0 Å². The SMILES string of the molecule is CCCC(N)C(=O)Nc1cc(S(=O)(=O)N2CCOCC2)ccc1OCC. The van der Waals surface area contributed by atoms with E-state index in [4.69, 9.17) is 15.2 Å². The van der Waals surface area contributed by atoms with Crippen LogP contribution in [0.4, 0.5) is 5.69 Å². The van der Waals surface area contributed by atoms with Crippen molar-refractivity contribution in [1.29, 1.82) is 0 Å². The number of amides is 1. The third kappa shape index (κ3) is 4.94. The van der Waals surface area contributed by atoms with Crippen molar-refractivity contribution in [2.75, 3.05) is 38.2 Å². The summed E-state index contributed by atoms with van der Waals surface area (Å²) in [5.41, 5.74) is 6.15. The molecule has 3 N–H and O–H groups in total. The third-order valence-electron chi connectivity index (χ3n) is 4.05. The molecular formula is C17H27N3O5S. The van der Waals surface area contributed by atoms with Crippen molar-refractivity contribution >= 4 is 21.6 Å². The number of hydrogen-bond acceptors (Lipinski definition) is 6. The second-order valence-corrected chi connectivity index (χ2v) is 7.93. The molecule has 26 heavy (non-hydrogen) atoms. The molecule has 0 saturated carbocycles. The van der Waals surface area contributed by atoms with Crippen LogP contribution in [0.2, 0.25) is 0 Å². The molecule has 8 nitrogen and oxygen atoms in total. The van der Waals surface area contributed by atoms with Gasteiger partial charge < -0.3 is 20.5 Å². The predicted molar refractivity (Wildman–Crippen MR) is 98.7 cm³/mol. The average Bonchev–Trinajstić information content (AvgIpc) is 2.64. The molecular weight excluding hydrogens is 358 g/mol. The van der Waals surface area contributed by atoms with E-state index in [2.05, 4.69) is 5.32 Å². The summed E-state index contributed by atoms with van der Waals surface area (Å²) in [5, 5.41) is 2.70. The Kier molecular flexibility index (Phi) is 7.39. The van der Waals surface area contributed by atoms with E-state index in [1.807, 2.05) is 13.8 Å². The molecule has 0 bridgehead atoms. The van der Waals surface area contributed by atoms with Crippen LogP contribution in [0.3, 0.4) is 0 Å². The van der Waals surface area contributed by atoms with Crippen LogP contribution in [0.25, 0.3) is 0 Å². The Bertz CT molecular complexity index is 717. The fourth-order valence-electron chi connectivity index (χ4n) is 2.65. The number of nitrogens with zero attached hydrogens (tertiary/aromatic N) is 1. The Morgan fingerprint density at radius 2 is 2.04 bits per heavy atom. The predicted octanol–water partition coefficient (Wildman–Crippen LogP) is 1.17. The Morgan fingerprint density at radius 3 is 2.65 bits per heavy atom. The molecule has 1 unspecified atom stereocenters. The van der Waals surface area contributed by atoms with Gasteiger partial charge in [-0.05, 0) is 31.5 Å². The van der Waals surface area contributed by atoms with E-state index < -0.39 is 16.1 Å². The summed E-state index contributed by atoms with van der Waals surface area (Å²) in [6, 6.07) is 3.80. The van der Waals surface area contributed by atoms with Gasteiger partial charge in [0.1, 0.15) is 5.75 Å². The minimum absolute atomic E-state index is 0.0993. The molecule has 1 aliphatic heterocycles. The lowest BCUT2D eigenvalue weighted by Crippen LogP contribution is -2.40. The maximum absolute atomic E-state index is 12.8. The Labute approximate surface area is 154 Å². The second-order valence-electron chi connectivity index (χ2n) is 5.99. The first-order valence-corrected chi connectivity index (χ1v) is 10.2. The van der Waals surface area contributed by atoms with Crippen LogP contribution in [0.5, 0.6) is 5.75 Å². The molecule has 146 valence electrons. The van der Waals surface area contributed by atoms with Crippen molar-refractivity contribution in [1.82, 2.24) is 4.31 Å². The van der Waals surface area contributed by atoms with Crippen LogP contribution in [-0.2, 0) is 19.6 Å². The van der Waals surface area contributed by atoms with Crippen molar-refractivity contribution in [2.45, 2.75) is 37.6 Å². The molecule has 1 aliphatic rings. The Balaban J connectivity index is 2.30. The molecule has 1 heterocycles. The van der Waals surface area contributed by atoms with Crippen LogP contribution in [-0.4, -0.2) is 57.6 Å². The molecule has 9 heteroatoms. The number of benzene rings is 1. The minimum Gasteiger partial charge on any atom is -0.492 e. The van der Waals surface area contributed by atoms with Crippen LogP contribution in [0, 0.1) is 0 Å². The number of ether oxygens (including phenoxy) is 2. The zero-order chi connectivity index (χ0) is 19.2. The molecule has 1 saturated heterocycles. The number of hydrogen-bond donors (Lipinski definition) is 2. The topological polar surface area (TPSA) is 111 Å². The van der Waals surface area contributed by atoms with Crippen LogP contribution in [0.1, 0.15) is 26.7 Å². The molecule has 1 aromatic rings. The first-order chi connectivity index (χ1) is 12.4. The van der Waals surface area contributed by atoms with Gasteiger partial charge in [0, 0.05) is 13.1 Å². The van der Waals surface area contributed by atoms with E-state index in [9.17, 15) is 13.2 Å². The van der Waals surface area contributed by atoms with Gasteiger partial charge in [0.2, 0.25) is 15.9 Å². The monoisotopic (exact) mass is 385 g/mol. The standard InChI is InChI=1S/C17H27N3O5S/c1-3-5-14(18)17(21)19-15-12-13(6-7-16(15)25-4-2)26(22,23)20-8-10-24-11-9-20/h6-7,12,14H,3-5,8-11,18H2,1-2H3,(H,19,21). The highest BCUT2D eigenvalue weighted by atomic mass is 32.2. The highest BCUT2D eigenvalue weighted by Crippen LogP contribution is 2.29. The highest BCUT2D eigenvalue weighted by Gasteiger charge is 2.27. The van der Waals surface area contributed by atoms with Crippen molar-refractivity contribution < 1.29 is 22.7 Å². The van der Waals surface area contributed by atoms with E-state index in [1.54, 1.807) is 6.07 Å². The smallest absolute Gasteiger partial charge is 0.243 e. The van der Waals surface area contributed by atoms with Gasteiger partial charge in [0.05, 0.1) is 36.4 Å². The molecule has 0 radical (unpaired) electrons. The maximum atomic E-state index is 12.8. The molecule has 0 aromatic heterocycles. The van der Waals surface area contributed by atoms with Gasteiger partial charge in [-0.3, -0.25) is 4.79 Å². The summed E-state index contributed by atoms with van der Waals surface area (Å²) in [4.78, 5) is 12.4. The molecule has 0 spiro atoms. The third-order valence-corrected chi connectivity index (χ3v) is 5.95. The zero-order valence-electron chi connectivity index (χ0n) is 15.2. The highest BCUT2D eigenvalue weighted by molar-refractivity contribution is 7.89. The minimum atomic E-state index is -3.67. The largest absolute Gasteiger partial charge is 0.492 e. The summed E-state index contributed by atoms with van der Waals surface area (Å²) in [7, 11) is -3.67. The van der Waals surface area contributed by atoms with Crippen molar-refractivity contribution in [3.63, 3.8) is 0 Å². The van der Waals surface area contributed by atoms with Crippen molar-refractivity contribution in [3.05, 3.63) is 18.2 Å². The van der Waals surface area contributed by atoms with Gasteiger partial charge in [-0.1, -0.05) is 13.3 Å². The summed E-state index contributed by atoms with van der Waals surface area (Å²) in [6.07, 6.45) is 1.32. The van der Waals surface area contributed by atoms with Gasteiger partial charge in [-0.2, -0.15) is 4.31 Å². The summed E-state index contributed by atoms with van der Waals surface area (Å²) in [5.74, 6) is 0.0409. The zero-order valence-corrected chi connectivity index (χ0v) is 16.0.